The van der Waals surface area contributed by atoms with Gasteiger partial charge in [-0.2, -0.15) is 18.3 Å². The Morgan fingerprint density at radius 3 is 2.80 bits per heavy atom. The van der Waals surface area contributed by atoms with Crippen molar-refractivity contribution >= 4 is 39.7 Å². The molecule has 0 atom stereocenters. The van der Waals surface area contributed by atoms with Crippen molar-refractivity contribution in [2.24, 2.45) is 5.73 Å². The van der Waals surface area contributed by atoms with Gasteiger partial charge in [-0.1, -0.05) is 0 Å². The van der Waals surface area contributed by atoms with Crippen LogP contribution in [0.4, 0.5) is 18.0 Å². The van der Waals surface area contributed by atoms with E-state index in [4.69, 9.17) is 15.9 Å². The molecule has 1 amide bonds. The smallest absolute Gasteiger partial charge is 0.431 e. The molecule has 0 bridgehead atoms. The fraction of sp³-hybridized carbons (Fsp3) is 0.263. The Hall–Kier alpha value is -3.63. The number of nitrogens with zero attached hydrogens (tertiary/aromatic N) is 3. The first kappa shape index (κ1) is 19.7. The van der Waals surface area contributed by atoms with Gasteiger partial charge in [0.05, 0.1) is 36.6 Å². The quantitative estimate of drug-likeness (QED) is 0.552. The maximum absolute atomic E-state index is 13.3. The van der Waals surface area contributed by atoms with E-state index in [1.807, 2.05) is 0 Å². The van der Waals surface area contributed by atoms with Gasteiger partial charge in [-0.25, -0.2) is 9.78 Å². The van der Waals surface area contributed by atoms with Crippen LogP contribution in [0.5, 0.6) is 0 Å². The Morgan fingerprint density at radius 2 is 2.13 bits per heavy atom. The van der Waals surface area contributed by atoms with Crippen molar-refractivity contribution in [2.45, 2.75) is 19.1 Å². The topological polar surface area (TPSA) is 121 Å². The number of hydrogen-bond donors (Lipinski definition) is 3. The van der Waals surface area contributed by atoms with Gasteiger partial charge in [0.25, 0.3) is 0 Å². The van der Waals surface area contributed by atoms with Crippen LogP contribution in [0, 0.1) is 5.41 Å². The SMILES string of the molecule is COC(=O)N1CCc2c(c(C(C=N)=C(N)C(F)(F)F)nc3ccc4[nH]ncc4c23)C1. The van der Waals surface area contributed by atoms with E-state index in [0.717, 1.165) is 21.9 Å². The van der Waals surface area contributed by atoms with Gasteiger partial charge >= 0.3 is 12.3 Å². The van der Waals surface area contributed by atoms with Gasteiger partial charge in [-0.15, -0.1) is 0 Å². The van der Waals surface area contributed by atoms with E-state index in [1.54, 1.807) is 18.3 Å². The molecule has 0 fully saturated rings. The van der Waals surface area contributed by atoms with Crippen LogP contribution in [-0.2, 0) is 17.7 Å². The van der Waals surface area contributed by atoms with Gasteiger partial charge in [0.1, 0.15) is 5.70 Å². The monoisotopic (exact) mass is 418 g/mol. The number of carbonyl (C=O) groups is 1. The number of H-pyrrole nitrogens is 1. The summed E-state index contributed by atoms with van der Waals surface area (Å²) in [6, 6.07) is 3.41. The number of aromatic amines is 1. The Kier molecular flexibility index (Phi) is 4.60. The molecule has 8 nitrogen and oxygen atoms in total. The van der Waals surface area contributed by atoms with Crippen LogP contribution in [0.2, 0.25) is 0 Å². The summed E-state index contributed by atoms with van der Waals surface area (Å²) in [5, 5.41) is 16.0. The molecule has 0 spiro atoms. The predicted octanol–water partition coefficient (Wildman–Crippen LogP) is 3.12. The minimum absolute atomic E-state index is 0.0169. The number of ether oxygens (including phenoxy) is 1. The molecule has 0 unspecified atom stereocenters. The molecule has 0 radical (unpaired) electrons. The molecule has 0 saturated heterocycles. The highest BCUT2D eigenvalue weighted by Crippen LogP contribution is 2.37. The van der Waals surface area contributed by atoms with E-state index >= 15 is 0 Å². The van der Waals surface area contributed by atoms with Crippen LogP contribution >= 0.6 is 0 Å². The summed E-state index contributed by atoms with van der Waals surface area (Å²) in [6.07, 6.45) is -2.88. The molecule has 30 heavy (non-hydrogen) atoms. The lowest BCUT2D eigenvalue weighted by atomic mass is 9.90. The second kappa shape index (κ2) is 7.01. The van der Waals surface area contributed by atoms with Crippen molar-refractivity contribution in [3.05, 3.63) is 40.8 Å². The van der Waals surface area contributed by atoms with Crippen molar-refractivity contribution in [3.63, 3.8) is 0 Å². The number of aromatic nitrogens is 3. The van der Waals surface area contributed by atoms with Crippen LogP contribution in [-0.4, -0.2) is 52.2 Å². The zero-order valence-corrected chi connectivity index (χ0v) is 15.8. The molecule has 3 heterocycles. The molecule has 1 aliphatic rings. The lowest BCUT2D eigenvalue weighted by molar-refractivity contribution is -0.0919. The van der Waals surface area contributed by atoms with Crippen molar-refractivity contribution in [1.29, 1.82) is 5.41 Å². The average molecular weight is 418 g/mol. The minimum Gasteiger partial charge on any atom is -0.453 e. The number of allylic oxidation sites excluding steroid dienone is 2. The third-order valence-electron chi connectivity index (χ3n) is 5.19. The minimum atomic E-state index is -4.83. The first-order chi connectivity index (χ1) is 14.3. The van der Waals surface area contributed by atoms with Crippen LogP contribution < -0.4 is 5.73 Å². The predicted molar refractivity (Wildman–Crippen MR) is 104 cm³/mol. The molecule has 4 rings (SSSR count). The van der Waals surface area contributed by atoms with E-state index in [0.29, 0.717) is 30.3 Å². The number of methoxy groups -OCH3 is 1. The van der Waals surface area contributed by atoms with E-state index in [2.05, 4.69) is 15.2 Å². The molecular formula is C19H17F3N6O2. The van der Waals surface area contributed by atoms with E-state index < -0.39 is 23.5 Å². The number of carbonyl (C=O) groups excluding carboxylic acids is 1. The van der Waals surface area contributed by atoms with E-state index in [-0.39, 0.29) is 12.2 Å². The van der Waals surface area contributed by atoms with Crippen molar-refractivity contribution < 1.29 is 22.7 Å². The van der Waals surface area contributed by atoms with Crippen molar-refractivity contribution in [2.75, 3.05) is 13.7 Å². The summed E-state index contributed by atoms with van der Waals surface area (Å²) in [6.45, 7) is 0.307. The summed E-state index contributed by atoms with van der Waals surface area (Å²) in [5.74, 6) is 0. The van der Waals surface area contributed by atoms with Gasteiger partial charge in [0.2, 0.25) is 0 Å². The van der Waals surface area contributed by atoms with E-state index in [1.165, 1.54) is 12.0 Å². The Labute approximate surface area is 168 Å². The standard InChI is InChI=1S/C19H17F3N6O2/c1-30-18(29)28-5-4-9-12(8-28)16(10(6-23)17(24)19(20,21)22)26-14-3-2-13-11(15(9)14)7-25-27-13/h2-3,6-7,23H,4-5,8,24H2,1H3,(H,25,27). The largest absolute Gasteiger partial charge is 0.453 e. The van der Waals surface area contributed by atoms with Gasteiger partial charge in [-0.3, -0.25) is 5.10 Å². The Morgan fingerprint density at radius 1 is 1.37 bits per heavy atom. The number of alkyl halides is 3. The maximum atomic E-state index is 13.3. The van der Waals surface area contributed by atoms with Gasteiger partial charge < -0.3 is 20.8 Å². The number of fused-ring (bicyclic) bond motifs is 5. The molecule has 156 valence electrons. The zero-order valence-electron chi connectivity index (χ0n) is 15.8. The number of rotatable bonds is 2. The average Bonchev–Trinajstić information content (AvgIpc) is 3.21. The zero-order chi connectivity index (χ0) is 21.6. The third-order valence-corrected chi connectivity index (χ3v) is 5.19. The molecule has 0 aliphatic carbocycles. The summed E-state index contributed by atoms with van der Waals surface area (Å²) in [4.78, 5) is 17.9. The molecule has 4 N–H and O–H groups in total. The van der Waals surface area contributed by atoms with Crippen LogP contribution in [0.1, 0.15) is 16.8 Å². The number of halogens is 3. The molecule has 0 saturated carbocycles. The van der Waals surface area contributed by atoms with Crippen LogP contribution in [0.15, 0.2) is 24.0 Å². The molecule has 1 aliphatic heterocycles. The molecule has 3 aromatic rings. The van der Waals surface area contributed by atoms with Crippen molar-refractivity contribution in [3.8, 4) is 0 Å². The fourth-order valence-electron chi connectivity index (χ4n) is 3.80. The molecule has 1 aromatic carbocycles. The normalized spacial score (nSPS) is 15.1. The Bertz CT molecular complexity index is 1210. The number of pyridine rings is 1. The third kappa shape index (κ3) is 3.02. The summed E-state index contributed by atoms with van der Waals surface area (Å²) in [7, 11) is 1.23. The first-order valence-corrected chi connectivity index (χ1v) is 8.94. The summed E-state index contributed by atoms with van der Waals surface area (Å²) < 4.78 is 44.8. The molecular weight excluding hydrogens is 401 g/mol. The maximum Gasteiger partial charge on any atom is 0.431 e. The second-order valence-electron chi connectivity index (χ2n) is 6.82. The van der Waals surface area contributed by atoms with Crippen LogP contribution in [0.25, 0.3) is 27.4 Å². The van der Waals surface area contributed by atoms with Gasteiger partial charge in [-0.05, 0) is 24.1 Å². The number of benzene rings is 1. The second-order valence-corrected chi connectivity index (χ2v) is 6.82. The lowest BCUT2D eigenvalue weighted by Crippen LogP contribution is -2.37. The molecule has 2 aromatic heterocycles. The van der Waals surface area contributed by atoms with Crippen LogP contribution in [0.3, 0.4) is 0 Å². The number of hydrogen-bond acceptors (Lipinski definition) is 6. The van der Waals surface area contributed by atoms with Crippen molar-refractivity contribution in [1.82, 2.24) is 20.1 Å². The highest BCUT2D eigenvalue weighted by atomic mass is 19.4. The van der Waals surface area contributed by atoms with Gasteiger partial charge in [0, 0.05) is 34.7 Å². The highest BCUT2D eigenvalue weighted by Gasteiger charge is 2.36. The van der Waals surface area contributed by atoms with Gasteiger partial charge in [0.15, 0.2) is 0 Å². The molecule has 11 heteroatoms. The fourth-order valence-corrected chi connectivity index (χ4v) is 3.80. The summed E-state index contributed by atoms with van der Waals surface area (Å²) >= 11 is 0. The number of nitrogens with one attached hydrogen (secondary N) is 2. The summed E-state index contributed by atoms with van der Waals surface area (Å²) in [5.41, 5.74) is 5.69. The number of nitrogens with two attached hydrogens (primary N) is 1. The number of amides is 1. The highest BCUT2D eigenvalue weighted by molar-refractivity contribution is 6.12. The first-order valence-electron chi connectivity index (χ1n) is 8.94. The van der Waals surface area contributed by atoms with E-state index in [9.17, 15) is 18.0 Å². The Balaban J connectivity index is 2.07. The lowest BCUT2D eigenvalue weighted by Gasteiger charge is -2.30.